The van der Waals surface area contributed by atoms with Crippen LogP contribution in [0.1, 0.15) is 15.9 Å². The molecular weight excluding hydrogens is 341 g/mol. The van der Waals surface area contributed by atoms with E-state index in [1.807, 2.05) is 6.92 Å². The molecule has 3 rings (SSSR count). The number of carbonyl (C=O) groups is 1. The zero-order valence-corrected chi connectivity index (χ0v) is 14.1. The summed E-state index contributed by atoms with van der Waals surface area (Å²) in [6, 6.07) is 13.2. The van der Waals surface area contributed by atoms with Crippen molar-refractivity contribution < 1.29 is 9.18 Å². The maximum Gasteiger partial charge on any atom is 0.257 e. The summed E-state index contributed by atoms with van der Waals surface area (Å²) in [5.74, 6) is -0.707. The number of aromatic nitrogens is 1. The van der Waals surface area contributed by atoms with Crippen molar-refractivity contribution in [1.82, 2.24) is 4.98 Å². The Bertz CT molecular complexity index is 930. The number of nitrogens with one attached hydrogen (secondary N) is 2. The average molecular weight is 356 g/mol. The Kier molecular flexibility index (Phi) is 4.95. The van der Waals surface area contributed by atoms with Crippen LogP contribution in [0, 0.1) is 12.7 Å². The summed E-state index contributed by atoms with van der Waals surface area (Å²) in [7, 11) is 0. The van der Waals surface area contributed by atoms with Gasteiger partial charge in [-0.2, -0.15) is 0 Å². The van der Waals surface area contributed by atoms with E-state index >= 15 is 0 Å². The summed E-state index contributed by atoms with van der Waals surface area (Å²) in [6.45, 7) is 1.83. The lowest BCUT2D eigenvalue weighted by molar-refractivity contribution is 0.102. The first-order valence-electron chi connectivity index (χ1n) is 7.57. The zero-order valence-electron chi connectivity index (χ0n) is 13.4. The van der Waals surface area contributed by atoms with Crippen LogP contribution in [0.3, 0.4) is 0 Å². The van der Waals surface area contributed by atoms with Crippen LogP contribution < -0.4 is 10.6 Å². The first kappa shape index (κ1) is 16.9. The van der Waals surface area contributed by atoms with E-state index in [1.165, 1.54) is 18.5 Å². The molecule has 0 aliphatic carbocycles. The minimum atomic E-state index is -0.382. The van der Waals surface area contributed by atoms with Gasteiger partial charge in [-0.05, 0) is 42.8 Å². The fourth-order valence-electron chi connectivity index (χ4n) is 2.29. The molecule has 2 aromatic carbocycles. The number of hydrogen-bond acceptors (Lipinski definition) is 3. The van der Waals surface area contributed by atoms with E-state index in [9.17, 15) is 9.18 Å². The Morgan fingerprint density at radius 1 is 1.08 bits per heavy atom. The molecule has 0 atom stereocenters. The molecule has 2 N–H and O–H groups in total. The Morgan fingerprint density at radius 3 is 2.64 bits per heavy atom. The predicted molar refractivity (Wildman–Crippen MR) is 98.1 cm³/mol. The molecule has 1 heterocycles. The van der Waals surface area contributed by atoms with E-state index in [-0.39, 0.29) is 11.7 Å². The third-order valence-electron chi connectivity index (χ3n) is 3.67. The molecule has 25 heavy (non-hydrogen) atoms. The summed E-state index contributed by atoms with van der Waals surface area (Å²) in [4.78, 5) is 16.5. The van der Waals surface area contributed by atoms with Crippen molar-refractivity contribution in [3.63, 3.8) is 0 Å². The third kappa shape index (κ3) is 3.95. The minimum Gasteiger partial charge on any atom is -0.352 e. The van der Waals surface area contributed by atoms with E-state index in [0.717, 1.165) is 5.56 Å². The van der Waals surface area contributed by atoms with Gasteiger partial charge in [-0.15, -0.1) is 0 Å². The van der Waals surface area contributed by atoms with E-state index < -0.39 is 0 Å². The maximum atomic E-state index is 13.7. The maximum absolute atomic E-state index is 13.7. The van der Waals surface area contributed by atoms with E-state index in [2.05, 4.69) is 15.6 Å². The quantitative estimate of drug-likeness (QED) is 0.678. The van der Waals surface area contributed by atoms with Crippen molar-refractivity contribution in [3.8, 4) is 0 Å². The second-order valence-corrected chi connectivity index (χ2v) is 5.84. The number of rotatable bonds is 4. The molecule has 4 nitrogen and oxygen atoms in total. The van der Waals surface area contributed by atoms with E-state index in [1.54, 1.807) is 42.5 Å². The number of nitrogens with zero attached hydrogens (tertiary/aromatic N) is 1. The van der Waals surface area contributed by atoms with Gasteiger partial charge in [-0.1, -0.05) is 29.8 Å². The van der Waals surface area contributed by atoms with E-state index in [4.69, 9.17) is 11.6 Å². The number of amides is 1. The summed E-state index contributed by atoms with van der Waals surface area (Å²) in [5.41, 5.74) is 2.59. The van der Waals surface area contributed by atoms with Crippen LogP contribution >= 0.6 is 11.6 Å². The number of para-hydroxylation sites is 1. The Labute approximate surface area is 149 Å². The second-order valence-electron chi connectivity index (χ2n) is 5.43. The fraction of sp³-hybridized carbons (Fsp3) is 0.0526. The number of benzene rings is 2. The van der Waals surface area contributed by atoms with Gasteiger partial charge in [0.2, 0.25) is 0 Å². The molecular formula is C19H15ClFN3O. The van der Waals surface area contributed by atoms with Crippen LogP contribution in [0.2, 0.25) is 5.02 Å². The summed E-state index contributed by atoms with van der Waals surface area (Å²) < 4.78 is 13.7. The molecule has 0 unspecified atom stereocenters. The van der Waals surface area contributed by atoms with E-state index in [0.29, 0.717) is 27.6 Å². The predicted octanol–water partition coefficient (Wildman–Crippen LogP) is 5.18. The number of hydrogen-bond donors (Lipinski definition) is 2. The lowest BCUT2D eigenvalue weighted by Crippen LogP contribution is -2.13. The molecule has 1 aromatic heterocycles. The lowest BCUT2D eigenvalue weighted by Gasteiger charge is -2.11. The number of anilines is 3. The number of pyridine rings is 1. The first-order valence-corrected chi connectivity index (χ1v) is 7.95. The molecule has 6 heteroatoms. The molecule has 0 radical (unpaired) electrons. The monoisotopic (exact) mass is 355 g/mol. The second kappa shape index (κ2) is 7.32. The van der Waals surface area contributed by atoms with Crippen LogP contribution in [-0.2, 0) is 0 Å². The van der Waals surface area contributed by atoms with Crippen LogP contribution in [0.25, 0.3) is 0 Å². The van der Waals surface area contributed by atoms with Gasteiger partial charge in [0.15, 0.2) is 0 Å². The highest BCUT2D eigenvalue weighted by Gasteiger charge is 2.11. The van der Waals surface area contributed by atoms with Crippen LogP contribution in [-0.4, -0.2) is 10.9 Å². The average Bonchev–Trinajstić information content (AvgIpc) is 2.61. The van der Waals surface area contributed by atoms with Crippen molar-refractivity contribution in [1.29, 1.82) is 0 Å². The molecule has 0 saturated heterocycles. The van der Waals surface area contributed by atoms with Gasteiger partial charge >= 0.3 is 0 Å². The molecule has 0 aliphatic rings. The van der Waals surface area contributed by atoms with Crippen LogP contribution in [0.5, 0.6) is 0 Å². The molecule has 1 amide bonds. The largest absolute Gasteiger partial charge is 0.352 e. The number of halogens is 2. The van der Waals surface area contributed by atoms with Gasteiger partial charge in [0.05, 0.1) is 23.1 Å². The molecule has 0 saturated carbocycles. The van der Waals surface area contributed by atoms with Gasteiger partial charge in [0.1, 0.15) is 5.82 Å². The standard InChI is InChI=1S/C19H15ClFN3O/c1-12-15(20)5-4-8-17(12)24-19(25)13-9-14(11-22-10-13)23-18-7-3-2-6-16(18)21/h2-11,23H,1H3,(H,24,25). The summed E-state index contributed by atoms with van der Waals surface area (Å²) in [6.07, 6.45) is 2.97. The molecule has 0 bridgehead atoms. The smallest absolute Gasteiger partial charge is 0.257 e. The van der Waals surface area contributed by atoms with Crippen molar-refractivity contribution in [2.24, 2.45) is 0 Å². The topological polar surface area (TPSA) is 54.0 Å². The summed E-state index contributed by atoms with van der Waals surface area (Å²) in [5, 5.41) is 6.29. The normalized spacial score (nSPS) is 10.4. The SMILES string of the molecule is Cc1c(Cl)cccc1NC(=O)c1cncc(Nc2ccccc2F)c1. The Hall–Kier alpha value is -2.92. The van der Waals surface area contributed by atoms with Crippen molar-refractivity contribution in [3.05, 3.63) is 82.9 Å². The highest BCUT2D eigenvalue weighted by atomic mass is 35.5. The van der Waals surface area contributed by atoms with Crippen molar-refractivity contribution >= 4 is 34.6 Å². The highest BCUT2D eigenvalue weighted by Crippen LogP contribution is 2.24. The zero-order chi connectivity index (χ0) is 17.8. The van der Waals surface area contributed by atoms with Gasteiger partial charge in [0.25, 0.3) is 5.91 Å². The van der Waals surface area contributed by atoms with Crippen LogP contribution in [0.15, 0.2) is 60.9 Å². The molecule has 0 spiro atoms. The Balaban J connectivity index is 1.80. The van der Waals surface area contributed by atoms with Crippen molar-refractivity contribution in [2.45, 2.75) is 6.92 Å². The molecule has 0 aliphatic heterocycles. The first-order chi connectivity index (χ1) is 12.0. The molecule has 3 aromatic rings. The highest BCUT2D eigenvalue weighted by molar-refractivity contribution is 6.31. The minimum absolute atomic E-state index is 0.313. The fourth-order valence-corrected chi connectivity index (χ4v) is 2.46. The molecule has 126 valence electrons. The van der Waals surface area contributed by atoms with Gasteiger partial charge in [-0.3, -0.25) is 9.78 Å². The van der Waals surface area contributed by atoms with Crippen LogP contribution in [0.4, 0.5) is 21.5 Å². The van der Waals surface area contributed by atoms with Crippen molar-refractivity contribution in [2.75, 3.05) is 10.6 Å². The number of carbonyl (C=O) groups excluding carboxylic acids is 1. The lowest BCUT2D eigenvalue weighted by atomic mass is 10.2. The third-order valence-corrected chi connectivity index (χ3v) is 4.08. The van der Waals surface area contributed by atoms with Gasteiger partial charge < -0.3 is 10.6 Å². The molecule has 0 fully saturated rings. The summed E-state index contributed by atoms with van der Waals surface area (Å²) >= 11 is 6.06. The van der Waals surface area contributed by atoms with Gasteiger partial charge in [-0.25, -0.2) is 4.39 Å². The van der Waals surface area contributed by atoms with Gasteiger partial charge in [0, 0.05) is 16.9 Å². The Morgan fingerprint density at radius 2 is 1.84 bits per heavy atom.